The molecule has 5 nitrogen and oxygen atoms in total. The van der Waals surface area contributed by atoms with Gasteiger partial charge in [0.1, 0.15) is 6.54 Å². The number of hydrogen-bond donors (Lipinski definition) is 1. The number of nitrogens with zero attached hydrogens (tertiary/aromatic N) is 1. The van der Waals surface area contributed by atoms with Gasteiger partial charge in [0.25, 0.3) is 11.8 Å². The molecule has 6 heteroatoms. The molecule has 0 radical (unpaired) electrons. The highest BCUT2D eigenvalue weighted by Gasteiger charge is 2.36. The summed E-state index contributed by atoms with van der Waals surface area (Å²) in [6.07, 6.45) is 0.733. The number of nitrogens with one attached hydrogen (secondary N) is 1. The first kappa shape index (κ1) is 14.5. The molecule has 1 aromatic carbocycles. The van der Waals surface area contributed by atoms with Gasteiger partial charge in [-0.2, -0.15) is 11.3 Å². The van der Waals surface area contributed by atoms with E-state index in [1.807, 2.05) is 16.8 Å². The molecule has 0 saturated heterocycles. The van der Waals surface area contributed by atoms with E-state index < -0.39 is 11.8 Å². The van der Waals surface area contributed by atoms with Crippen molar-refractivity contribution in [3.63, 3.8) is 0 Å². The van der Waals surface area contributed by atoms with Crippen molar-refractivity contribution in [2.75, 3.05) is 13.1 Å². The minimum absolute atomic E-state index is 0.240. The van der Waals surface area contributed by atoms with Gasteiger partial charge in [-0.15, -0.1) is 0 Å². The second-order valence-corrected chi connectivity index (χ2v) is 5.75. The zero-order valence-corrected chi connectivity index (χ0v) is 12.6. The third-order valence-electron chi connectivity index (χ3n) is 3.50. The molecule has 1 aliphatic heterocycles. The number of carbonyl (C=O) groups is 3. The number of amides is 3. The van der Waals surface area contributed by atoms with Gasteiger partial charge >= 0.3 is 0 Å². The summed E-state index contributed by atoms with van der Waals surface area (Å²) in [5.41, 5.74) is 1.88. The maximum Gasteiger partial charge on any atom is 0.262 e. The lowest BCUT2D eigenvalue weighted by atomic mass is 10.1. The normalized spacial score (nSPS) is 13.4. The van der Waals surface area contributed by atoms with Gasteiger partial charge in [-0.05, 0) is 40.9 Å². The van der Waals surface area contributed by atoms with E-state index in [2.05, 4.69) is 5.32 Å². The molecular formula is C16H14N2O3S. The smallest absolute Gasteiger partial charge is 0.262 e. The van der Waals surface area contributed by atoms with Crippen LogP contribution in [0.5, 0.6) is 0 Å². The van der Waals surface area contributed by atoms with Gasteiger partial charge in [-0.3, -0.25) is 19.3 Å². The maximum atomic E-state index is 12.1. The number of thiophene rings is 1. The Bertz CT molecular complexity index is 690. The summed E-state index contributed by atoms with van der Waals surface area (Å²) in [5.74, 6) is -1.15. The SMILES string of the molecule is O=C(CN1C(=O)c2ccccc2C1=O)NCCc1ccsc1. The predicted molar refractivity (Wildman–Crippen MR) is 82.8 cm³/mol. The fourth-order valence-electron chi connectivity index (χ4n) is 2.36. The summed E-state index contributed by atoms with van der Waals surface area (Å²) in [7, 11) is 0. The molecule has 2 heterocycles. The fraction of sp³-hybridized carbons (Fsp3) is 0.188. The average Bonchev–Trinajstić information content (AvgIpc) is 3.11. The molecule has 112 valence electrons. The largest absolute Gasteiger partial charge is 0.354 e. The molecule has 0 fully saturated rings. The number of benzene rings is 1. The Morgan fingerprint density at radius 2 is 1.77 bits per heavy atom. The van der Waals surface area contributed by atoms with E-state index in [9.17, 15) is 14.4 Å². The van der Waals surface area contributed by atoms with Crippen LogP contribution in [0.1, 0.15) is 26.3 Å². The topological polar surface area (TPSA) is 66.5 Å². The summed E-state index contributed by atoms with van der Waals surface area (Å²) < 4.78 is 0. The molecule has 1 aliphatic rings. The summed E-state index contributed by atoms with van der Waals surface area (Å²) in [6, 6.07) is 8.61. The molecule has 0 saturated carbocycles. The summed E-state index contributed by atoms with van der Waals surface area (Å²) in [6.45, 7) is 0.245. The Hall–Kier alpha value is -2.47. The molecule has 0 unspecified atom stereocenters. The monoisotopic (exact) mass is 314 g/mol. The van der Waals surface area contributed by atoms with Gasteiger partial charge in [-0.1, -0.05) is 12.1 Å². The van der Waals surface area contributed by atoms with Crippen LogP contribution in [-0.2, 0) is 11.2 Å². The van der Waals surface area contributed by atoms with E-state index >= 15 is 0 Å². The van der Waals surface area contributed by atoms with Crippen LogP contribution in [-0.4, -0.2) is 35.7 Å². The van der Waals surface area contributed by atoms with Crippen LogP contribution in [0.2, 0.25) is 0 Å². The number of rotatable bonds is 5. The third-order valence-corrected chi connectivity index (χ3v) is 4.23. The van der Waals surface area contributed by atoms with Crippen LogP contribution in [0.25, 0.3) is 0 Å². The van der Waals surface area contributed by atoms with E-state index in [1.54, 1.807) is 35.6 Å². The van der Waals surface area contributed by atoms with Gasteiger partial charge in [0, 0.05) is 6.54 Å². The van der Waals surface area contributed by atoms with E-state index in [1.165, 1.54) is 0 Å². The summed E-state index contributed by atoms with van der Waals surface area (Å²) in [5, 5.41) is 6.74. The Morgan fingerprint density at radius 1 is 1.09 bits per heavy atom. The lowest BCUT2D eigenvalue weighted by Gasteiger charge is -2.13. The second-order valence-electron chi connectivity index (χ2n) is 4.97. The zero-order valence-electron chi connectivity index (χ0n) is 11.7. The molecule has 22 heavy (non-hydrogen) atoms. The van der Waals surface area contributed by atoms with E-state index in [4.69, 9.17) is 0 Å². The van der Waals surface area contributed by atoms with Gasteiger partial charge in [-0.25, -0.2) is 0 Å². The highest BCUT2D eigenvalue weighted by molar-refractivity contribution is 7.07. The minimum Gasteiger partial charge on any atom is -0.354 e. The molecule has 0 atom stereocenters. The van der Waals surface area contributed by atoms with Crippen molar-refractivity contribution in [1.82, 2.24) is 10.2 Å². The molecule has 0 spiro atoms. The fourth-order valence-corrected chi connectivity index (χ4v) is 3.07. The summed E-state index contributed by atoms with van der Waals surface area (Å²) >= 11 is 1.61. The van der Waals surface area contributed by atoms with Gasteiger partial charge in [0.05, 0.1) is 11.1 Å². The van der Waals surface area contributed by atoms with Gasteiger partial charge in [0.15, 0.2) is 0 Å². The predicted octanol–water partition coefficient (Wildman–Crippen LogP) is 1.70. The van der Waals surface area contributed by atoms with Crippen LogP contribution in [0, 0.1) is 0 Å². The van der Waals surface area contributed by atoms with Crippen molar-refractivity contribution in [2.24, 2.45) is 0 Å². The van der Waals surface area contributed by atoms with Crippen LogP contribution in [0.4, 0.5) is 0 Å². The molecular weight excluding hydrogens is 300 g/mol. The number of hydrogen-bond acceptors (Lipinski definition) is 4. The summed E-state index contributed by atoms with van der Waals surface area (Å²) in [4.78, 5) is 37.2. The molecule has 3 rings (SSSR count). The van der Waals surface area contributed by atoms with Crippen molar-refractivity contribution in [2.45, 2.75) is 6.42 Å². The first-order chi connectivity index (χ1) is 10.7. The molecule has 1 N–H and O–H groups in total. The first-order valence-electron chi connectivity index (χ1n) is 6.90. The average molecular weight is 314 g/mol. The van der Waals surface area contributed by atoms with Gasteiger partial charge in [0.2, 0.25) is 5.91 Å². The number of imide groups is 1. The van der Waals surface area contributed by atoms with E-state index in [0.29, 0.717) is 17.7 Å². The Labute approximate surface area is 131 Å². The van der Waals surface area contributed by atoms with Crippen molar-refractivity contribution in [3.8, 4) is 0 Å². The van der Waals surface area contributed by atoms with Crippen LogP contribution in [0.3, 0.4) is 0 Å². The lowest BCUT2D eigenvalue weighted by molar-refractivity contribution is -0.121. The van der Waals surface area contributed by atoms with Crippen molar-refractivity contribution in [3.05, 3.63) is 57.8 Å². The Kier molecular flexibility index (Phi) is 4.02. The second kappa shape index (κ2) is 6.11. The molecule has 0 aliphatic carbocycles. The third kappa shape index (κ3) is 2.78. The maximum absolute atomic E-state index is 12.1. The molecule has 1 aromatic heterocycles. The van der Waals surface area contributed by atoms with Crippen LogP contribution < -0.4 is 5.32 Å². The van der Waals surface area contributed by atoms with E-state index in [0.717, 1.165) is 16.9 Å². The molecule has 3 amide bonds. The van der Waals surface area contributed by atoms with Crippen molar-refractivity contribution in [1.29, 1.82) is 0 Å². The Morgan fingerprint density at radius 3 is 2.36 bits per heavy atom. The molecule has 0 bridgehead atoms. The zero-order chi connectivity index (χ0) is 15.5. The highest BCUT2D eigenvalue weighted by Crippen LogP contribution is 2.21. The molecule has 2 aromatic rings. The minimum atomic E-state index is -0.409. The highest BCUT2D eigenvalue weighted by atomic mass is 32.1. The van der Waals surface area contributed by atoms with Crippen LogP contribution in [0.15, 0.2) is 41.1 Å². The van der Waals surface area contributed by atoms with Crippen molar-refractivity contribution < 1.29 is 14.4 Å². The first-order valence-corrected chi connectivity index (χ1v) is 7.84. The Balaban J connectivity index is 1.56. The quantitative estimate of drug-likeness (QED) is 0.854. The van der Waals surface area contributed by atoms with Gasteiger partial charge < -0.3 is 5.32 Å². The van der Waals surface area contributed by atoms with Crippen molar-refractivity contribution >= 4 is 29.1 Å². The lowest BCUT2D eigenvalue weighted by Crippen LogP contribution is -2.40. The number of carbonyl (C=O) groups excluding carboxylic acids is 3. The number of fused-ring (bicyclic) bond motifs is 1. The van der Waals surface area contributed by atoms with Crippen LogP contribution >= 0.6 is 11.3 Å². The van der Waals surface area contributed by atoms with E-state index in [-0.39, 0.29) is 12.5 Å². The standard InChI is InChI=1S/C16H14N2O3S/c19-14(17-7-5-11-6-8-22-10-11)9-18-15(20)12-3-1-2-4-13(12)16(18)21/h1-4,6,8,10H,5,7,9H2,(H,17,19).